The van der Waals surface area contributed by atoms with Crippen LogP contribution in [0.4, 0.5) is 0 Å². The van der Waals surface area contributed by atoms with Crippen molar-refractivity contribution in [2.75, 3.05) is 19.8 Å². The molecule has 2 aromatic carbocycles. The summed E-state index contributed by atoms with van der Waals surface area (Å²) in [7, 11) is 0. The molecule has 0 unspecified atom stereocenters. The Morgan fingerprint density at radius 2 is 1.78 bits per heavy atom. The van der Waals surface area contributed by atoms with Gasteiger partial charge in [0.05, 0.1) is 5.56 Å². The van der Waals surface area contributed by atoms with Gasteiger partial charge in [0.2, 0.25) is 0 Å². The van der Waals surface area contributed by atoms with Crippen LogP contribution in [0.3, 0.4) is 0 Å². The van der Waals surface area contributed by atoms with Gasteiger partial charge in [-0.15, -0.1) is 0 Å². The van der Waals surface area contributed by atoms with Gasteiger partial charge in [0, 0.05) is 19.8 Å². The number of hydrogen-bond acceptors (Lipinski definition) is 3. The SMILES string of the molecule is CCOCCCNC(=O)c1ccccc1OCc1ccccc1. The van der Waals surface area contributed by atoms with E-state index in [0.29, 0.717) is 37.7 Å². The first-order valence-electron chi connectivity index (χ1n) is 7.93. The molecule has 1 amide bonds. The minimum absolute atomic E-state index is 0.120. The van der Waals surface area contributed by atoms with Gasteiger partial charge >= 0.3 is 0 Å². The molecule has 0 radical (unpaired) electrons. The highest BCUT2D eigenvalue weighted by atomic mass is 16.5. The number of amides is 1. The molecular weight excluding hydrogens is 290 g/mol. The second-order valence-electron chi connectivity index (χ2n) is 5.08. The maximum absolute atomic E-state index is 12.3. The standard InChI is InChI=1S/C19H23NO3/c1-2-22-14-8-13-20-19(21)17-11-6-7-12-18(17)23-15-16-9-4-3-5-10-16/h3-7,9-12H,2,8,13-15H2,1H3,(H,20,21). The van der Waals surface area contributed by atoms with E-state index in [0.717, 1.165) is 12.0 Å². The lowest BCUT2D eigenvalue weighted by Gasteiger charge is -2.12. The molecule has 0 aliphatic carbocycles. The number of benzene rings is 2. The third-order valence-electron chi connectivity index (χ3n) is 3.32. The van der Waals surface area contributed by atoms with Gasteiger partial charge in [0.1, 0.15) is 12.4 Å². The first-order valence-corrected chi connectivity index (χ1v) is 7.93. The average molecular weight is 313 g/mol. The Morgan fingerprint density at radius 1 is 1.04 bits per heavy atom. The molecule has 1 N–H and O–H groups in total. The van der Waals surface area contributed by atoms with Crippen molar-refractivity contribution in [2.45, 2.75) is 20.0 Å². The fourth-order valence-electron chi connectivity index (χ4n) is 2.13. The fraction of sp³-hybridized carbons (Fsp3) is 0.316. The number of rotatable bonds is 9. The van der Waals surface area contributed by atoms with Crippen LogP contribution in [0.1, 0.15) is 29.3 Å². The Labute approximate surface area is 137 Å². The van der Waals surface area contributed by atoms with Crippen LogP contribution < -0.4 is 10.1 Å². The molecule has 4 nitrogen and oxygen atoms in total. The van der Waals surface area contributed by atoms with E-state index in [2.05, 4.69) is 5.32 Å². The van der Waals surface area contributed by atoms with Crippen LogP contribution in [-0.4, -0.2) is 25.7 Å². The molecule has 0 fully saturated rings. The van der Waals surface area contributed by atoms with E-state index < -0.39 is 0 Å². The van der Waals surface area contributed by atoms with Crippen molar-refractivity contribution in [3.63, 3.8) is 0 Å². The average Bonchev–Trinajstić information content (AvgIpc) is 2.61. The first-order chi connectivity index (χ1) is 11.3. The van der Waals surface area contributed by atoms with Gasteiger partial charge in [-0.25, -0.2) is 0 Å². The Morgan fingerprint density at radius 3 is 2.57 bits per heavy atom. The maximum Gasteiger partial charge on any atom is 0.255 e. The van der Waals surface area contributed by atoms with Gasteiger partial charge < -0.3 is 14.8 Å². The monoisotopic (exact) mass is 313 g/mol. The molecule has 2 aromatic rings. The predicted octanol–water partition coefficient (Wildman–Crippen LogP) is 3.42. The quantitative estimate of drug-likeness (QED) is 0.722. The highest BCUT2D eigenvalue weighted by Gasteiger charge is 2.11. The van der Waals surface area contributed by atoms with Crippen molar-refractivity contribution < 1.29 is 14.3 Å². The molecule has 0 atom stereocenters. The summed E-state index contributed by atoms with van der Waals surface area (Å²) in [5, 5.41) is 2.90. The van der Waals surface area contributed by atoms with E-state index in [1.165, 1.54) is 0 Å². The van der Waals surface area contributed by atoms with E-state index >= 15 is 0 Å². The zero-order chi connectivity index (χ0) is 16.3. The van der Waals surface area contributed by atoms with Crippen molar-refractivity contribution >= 4 is 5.91 Å². The highest BCUT2D eigenvalue weighted by Crippen LogP contribution is 2.19. The van der Waals surface area contributed by atoms with Crippen LogP contribution in [-0.2, 0) is 11.3 Å². The first kappa shape index (κ1) is 17.0. The Bertz CT molecular complexity index is 599. The molecule has 0 saturated carbocycles. The Balaban J connectivity index is 1.90. The number of ether oxygens (including phenoxy) is 2. The molecule has 4 heteroatoms. The number of nitrogens with one attached hydrogen (secondary N) is 1. The van der Waals surface area contributed by atoms with Crippen molar-refractivity contribution in [3.8, 4) is 5.75 Å². The van der Waals surface area contributed by atoms with E-state index in [1.54, 1.807) is 6.07 Å². The summed E-state index contributed by atoms with van der Waals surface area (Å²) in [5.74, 6) is 0.476. The van der Waals surface area contributed by atoms with Crippen LogP contribution >= 0.6 is 0 Å². The van der Waals surface area contributed by atoms with E-state index in [1.807, 2.05) is 55.5 Å². The highest BCUT2D eigenvalue weighted by molar-refractivity contribution is 5.96. The molecule has 0 bridgehead atoms. The summed E-state index contributed by atoms with van der Waals surface area (Å²) >= 11 is 0. The molecular formula is C19H23NO3. The maximum atomic E-state index is 12.3. The van der Waals surface area contributed by atoms with Crippen molar-refractivity contribution in [1.82, 2.24) is 5.32 Å². The summed E-state index contributed by atoms with van der Waals surface area (Å²) in [4.78, 5) is 12.3. The molecule has 0 spiro atoms. The lowest BCUT2D eigenvalue weighted by molar-refractivity contribution is 0.0940. The molecule has 0 aromatic heterocycles. The minimum atomic E-state index is -0.120. The Kier molecular flexibility index (Phi) is 7.14. The zero-order valence-corrected chi connectivity index (χ0v) is 13.5. The topological polar surface area (TPSA) is 47.6 Å². The number of hydrogen-bond donors (Lipinski definition) is 1. The summed E-state index contributed by atoms with van der Waals surface area (Å²) in [6, 6.07) is 17.2. The number of carbonyl (C=O) groups excluding carboxylic acids is 1. The normalized spacial score (nSPS) is 10.3. The fourth-order valence-corrected chi connectivity index (χ4v) is 2.13. The minimum Gasteiger partial charge on any atom is -0.488 e. The zero-order valence-electron chi connectivity index (χ0n) is 13.5. The second-order valence-corrected chi connectivity index (χ2v) is 5.08. The third kappa shape index (κ3) is 5.75. The molecule has 0 heterocycles. The molecule has 0 aliphatic heterocycles. The third-order valence-corrected chi connectivity index (χ3v) is 3.32. The van der Waals surface area contributed by atoms with Crippen LogP contribution in [0.2, 0.25) is 0 Å². The predicted molar refractivity (Wildman–Crippen MR) is 90.7 cm³/mol. The smallest absolute Gasteiger partial charge is 0.255 e. The van der Waals surface area contributed by atoms with Gasteiger partial charge in [0.25, 0.3) is 5.91 Å². The van der Waals surface area contributed by atoms with E-state index in [9.17, 15) is 4.79 Å². The van der Waals surface area contributed by atoms with Crippen LogP contribution in [0.25, 0.3) is 0 Å². The van der Waals surface area contributed by atoms with Gasteiger partial charge in [-0.1, -0.05) is 42.5 Å². The molecule has 122 valence electrons. The number of para-hydroxylation sites is 1. The summed E-state index contributed by atoms with van der Waals surface area (Å²) in [6.45, 7) is 4.34. The van der Waals surface area contributed by atoms with E-state index in [4.69, 9.17) is 9.47 Å². The van der Waals surface area contributed by atoms with Crippen LogP contribution in [0.5, 0.6) is 5.75 Å². The molecule has 2 rings (SSSR count). The molecule has 0 aliphatic rings. The Hall–Kier alpha value is -2.33. The van der Waals surface area contributed by atoms with Crippen LogP contribution in [0.15, 0.2) is 54.6 Å². The van der Waals surface area contributed by atoms with Gasteiger partial charge in [-0.2, -0.15) is 0 Å². The van der Waals surface area contributed by atoms with Gasteiger partial charge in [-0.3, -0.25) is 4.79 Å². The van der Waals surface area contributed by atoms with Gasteiger partial charge in [-0.05, 0) is 31.0 Å². The number of carbonyl (C=O) groups is 1. The second kappa shape index (κ2) is 9.64. The lowest BCUT2D eigenvalue weighted by atomic mass is 10.2. The largest absolute Gasteiger partial charge is 0.488 e. The van der Waals surface area contributed by atoms with Crippen LogP contribution in [0, 0.1) is 0 Å². The van der Waals surface area contributed by atoms with E-state index in [-0.39, 0.29) is 5.91 Å². The van der Waals surface area contributed by atoms with Crippen molar-refractivity contribution in [2.24, 2.45) is 0 Å². The molecule has 23 heavy (non-hydrogen) atoms. The van der Waals surface area contributed by atoms with Gasteiger partial charge in [0.15, 0.2) is 0 Å². The van der Waals surface area contributed by atoms with Crippen molar-refractivity contribution in [1.29, 1.82) is 0 Å². The molecule has 0 saturated heterocycles. The van der Waals surface area contributed by atoms with Crippen molar-refractivity contribution in [3.05, 3.63) is 65.7 Å². The summed E-state index contributed by atoms with van der Waals surface area (Å²) < 4.78 is 11.1. The lowest BCUT2D eigenvalue weighted by Crippen LogP contribution is -2.25. The summed E-state index contributed by atoms with van der Waals surface area (Å²) in [5.41, 5.74) is 1.62. The summed E-state index contributed by atoms with van der Waals surface area (Å²) in [6.07, 6.45) is 0.798.